The molecule has 2 aromatic carbocycles. The zero-order valence-corrected chi connectivity index (χ0v) is 17.0. The zero-order chi connectivity index (χ0) is 21.9. The molecule has 5 rings (SSSR count). The average molecular weight is 435 g/mol. The molecule has 3 heterocycles. The number of anilines is 2. The largest absolute Gasteiger partial charge is 0.378 e. The smallest absolute Gasteiger partial charge is 0.227 e. The summed E-state index contributed by atoms with van der Waals surface area (Å²) in [6.07, 6.45) is 0. The van der Waals surface area contributed by atoms with E-state index in [1.54, 1.807) is 24.3 Å². The first-order valence-electron chi connectivity index (χ1n) is 10.2. The molecule has 1 saturated heterocycles. The van der Waals surface area contributed by atoms with E-state index in [-0.39, 0.29) is 11.6 Å². The van der Waals surface area contributed by atoms with Gasteiger partial charge >= 0.3 is 0 Å². The second-order valence-electron chi connectivity index (χ2n) is 7.26. The number of morpholine rings is 1. The van der Waals surface area contributed by atoms with Gasteiger partial charge in [0.1, 0.15) is 11.6 Å². The number of hydrogen-bond acceptors (Lipinski definition) is 8. The van der Waals surface area contributed by atoms with Crippen LogP contribution in [-0.4, -0.2) is 51.5 Å². The summed E-state index contributed by atoms with van der Waals surface area (Å²) in [5.74, 6) is 0.732. The Kier molecular flexibility index (Phi) is 5.51. The van der Waals surface area contributed by atoms with Gasteiger partial charge < -0.3 is 15.0 Å². The SMILES string of the molecule is Fc1ccc(CNc2nc(N3CCOCC3)c3nc(-c4ccc(F)cc4)nnc3n2)cc1. The van der Waals surface area contributed by atoms with Crippen LogP contribution in [-0.2, 0) is 11.3 Å². The van der Waals surface area contributed by atoms with Crippen LogP contribution in [0, 0.1) is 11.6 Å². The summed E-state index contributed by atoms with van der Waals surface area (Å²) in [6.45, 7) is 2.88. The van der Waals surface area contributed by atoms with Gasteiger partial charge in [-0.2, -0.15) is 9.97 Å². The molecule has 0 spiro atoms. The lowest BCUT2D eigenvalue weighted by atomic mass is 10.2. The molecular formula is C22H19F2N7O. The molecule has 0 bridgehead atoms. The molecule has 8 nitrogen and oxygen atoms in total. The van der Waals surface area contributed by atoms with E-state index in [0.717, 1.165) is 5.56 Å². The number of nitrogens with zero attached hydrogens (tertiary/aromatic N) is 6. The molecular weight excluding hydrogens is 416 g/mol. The van der Waals surface area contributed by atoms with E-state index in [4.69, 9.17) is 4.74 Å². The molecule has 1 fully saturated rings. The molecule has 0 radical (unpaired) electrons. The van der Waals surface area contributed by atoms with E-state index in [2.05, 4.69) is 35.4 Å². The Morgan fingerprint density at radius 2 is 1.53 bits per heavy atom. The van der Waals surface area contributed by atoms with Crippen molar-refractivity contribution in [3.63, 3.8) is 0 Å². The van der Waals surface area contributed by atoms with Crippen LogP contribution in [0.15, 0.2) is 48.5 Å². The maximum atomic E-state index is 13.3. The van der Waals surface area contributed by atoms with Crippen molar-refractivity contribution in [1.29, 1.82) is 0 Å². The van der Waals surface area contributed by atoms with Gasteiger partial charge in [-0.05, 0) is 42.0 Å². The second-order valence-corrected chi connectivity index (χ2v) is 7.26. The van der Waals surface area contributed by atoms with Gasteiger partial charge in [-0.3, -0.25) is 0 Å². The van der Waals surface area contributed by atoms with Gasteiger partial charge in [-0.1, -0.05) is 12.1 Å². The molecule has 0 saturated carbocycles. The number of halogens is 2. The molecule has 10 heteroatoms. The third kappa shape index (κ3) is 4.30. The highest BCUT2D eigenvalue weighted by Crippen LogP contribution is 2.25. The Hall–Kier alpha value is -3.79. The summed E-state index contributed by atoms with van der Waals surface area (Å²) in [5.41, 5.74) is 2.38. The van der Waals surface area contributed by atoms with E-state index >= 15 is 0 Å². The van der Waals surface area contributed by atoms with Crippen molar-refractivity contribution in [3.8, 4) is 11.4 Å². The zero-order valence-electron chi connectivity index (χ0n) is 17.0. The Bertz CT molecular complexity index is 1230. The summed E-state index contributed by atoms with van der Waals surface area (Å²) in [7, 11) is 0. The topological polar surface area (TPSA) is 89.0 Å². The van der Waals surface area contributed by atoms with Crippen LogP contribution in [0.4, 0.5) is 20.5 Å². The van der Waals surface area contributed by atoms with Gasteiger partial charge in [0.15, 0.2) is 17.2 Å². The lowest BCUT2D eigenvalue weighted by Gasteiger charge is -2.28. The first kappa shape index (κ1) is 20.1. The summed E-state index contributed by atoms with van der Waals surface area (Å²) in [4.78, 5) is 15.9. The highest BCUT2D eigenvalue weighted by atomic mass is 19.1. The number of aromatic nitrogens is 5. The van der Waals surface area contributed by atoms with Crippen molar-refractivity contribution in [2.24, 2.45) is 0 Å². The van der Waals surface area contributed by atoms with Crippen LogP contribution in [0.1, 0.15) is 5.56 Å². The summed E-state index contributed by atoms with van der Waals surface area (Å²) < 4.78 is 31.9. The quantitative estimate of drug-likeness (QED) is 0.511. The predicted molar refractivity (Wildman–Crippen MR) is 115 cm³/mol. The fraction of sp³-hybridized carbons (Fsp3) is 0.227. The van der Waals surface area contributed by atoms with E-state index in [1.807, 2.05) is 0 Å². The summed E-state index contributed by atoms with van der Waals surface area (Å²) >= 11 is 0. The molecule has 1 N–H and O–H groups in total. The molecule has 0 unspecified atom stereocenters. The minimum Gasteiger partial charge on any atom is -0.378 e. The van der Waals surface area contributed by atoms with Crippen molar-refractivity contribution < 1.29 is 13.5 Å². The molecule has 2 aromatic heterocycles. The van der Waals surface area contributed by atoms with Crippen LogP contribution in [0.3, 0.4) is 0 Å². The normalized spacial score (nSPS) is 14.0. The Labute approximate surface area is 182 Å². The highest BCUT2D eigenvalue weighted by Gasteiger charge is 2.20. The number of nitrogens with one attached hydrogen (secondary N) is 1. The third-order valence-electron chi connectivity index (χ3n) is 5.08. The van der Waals surface area contributed by atoms with Gasteiger partial charge in [-0.15, -0.1) is 10.2 Å². The fourth-order valence-electron chi connectivity index (χ4n) is 3.40. The Balaban J connectivity index is 1.52. The van der Waals surface area contributed by atoms with Gasteiger partial charge in [0.05, 0.1) is 13.2 Å². The highest BCUT2D eigenvalue weighted by molar-refractivity contribution is 5.85. The van der Waals surface area contributed by atoms with Crippen molar-refractivity contribution in [2.75, 3.05) is 36.5 Å². The van der Waals surface area contributed by atoms with Gasteiger partial charge in [0.25, 0.3) is 0 Å². The van der Waals surface area contributed by atoms with E-state index in [9.17, 15) is 8.78 Å². The molecule has 0 aliphatic carbocycles. The molecule has 0 amide bonds. The maximum Gasteiger partial charge on any atom is 0.227 e. The minimum absolute atomic E-state index is 0.288. The van der Waals surface area contributed by atoms with Crippen LogP contribution < -0.4 is 10.2 Å². The van der Waals surface area contributed by atoms with Gasteiger partial charge in [0, 0.05) is 25.2 Å². The lowest BCUT2D eigenvalue weighted by Crippen LogP contribution is -2.37. The fourth-order valence-corrected chi connectivity index (χ4v) is 3.40. The Morgan fingerprint density at radius 1 is 0.844 bits per heavy atom. The number of benzene rings is 2. The van der Waals surface area contributed by atoms with E-state index < -0.39 is 0 Å². The first-order valence-corrected chi connectivity index (χ1v) is 10.2. The van der Waals surface area contributed by atoms with Crippen LogP contribution >= 0.6 is 0 Å². The number of rotatable bonds is 5. The van der Waals surface area contributed by atoms with E-state index in [1.165, 1.54) is 24.3 Å². The molecule has 1 aliphatic heterocycles. The molecule has 4 aromatic rings. The van der Waals surface area contributed by atoms with Crippen LogP contribution in [0.5, 0.6) is 0 Å². The number of ether oxygens (including phenoxy) is 1. The summed E-state index contributed by atoms with van der Waals surface area (Å²) in [5, 5.41) is 11.6. The van der Waals surface area contributed by atoms with Crippen LogP contribution in [0.2, 0.25) is 0 Å². The summed E-state index contributed by atoms with van der Waals surface area (Å²) in [6, 6.07) is 12.1. The molecule has 32 heavy (non-hydrogen) atoms. The first-order chi connectivity index (χ1) is 15.7. The van der Waals surface area contributed by atoms with Gasteiger partial charge in [-0.25, -0.2) is 13.8 Å². The van der Waals surface area contributed by atoms with Crippen LogP contribution in [0.25, 0.3) is 22.6 Å². The standard InChI is InChI=1S/C22H19F2N7O/c23-16-5-1-14(2-6-16)13-25-22-27-20-18(21(28-22)31-9-11-32-12-10-31)26-19(29-30-20)15-3-7-17(24)8-4-15/h1-8H,9-13H2,(H,25,27,28,30). The molecule has 1 aliphatic rings. The number of fused-ring (bicyclic) bond motifs is 1. The van der Waals surface area contributed by atoms with Gasteiger partial charge in [0.2, 0.25) is 11.6 Å². The monoisotopic (exact) mass is 435 g/mol. The average Bonchev–Trinajstić information content (AvgIpc) is 2.84. The van der Waals surface area contributed by atoms with E-state index in [0.29, 0.717) is 67.2 Å². The third-order valence-corrected chi connectivity index (χ3v) is 5.08. The minimum atomic E-state index is -0.336. The van der Waals surface area contributed by atoms with Crippen molar-refractivity contribution >= 4 is 22.9 Å². The number of hydrogen-bond donors (Lipinski definition) is 1. The predicted octanol–water partition coefficient (Wildman–Crippen LogP) is 3.21. The lowest BCUT2D eigenvalue weighted by molar-refractivity contribution is 0.122. The van der Waals surface area contributed by atoms with Crippen molar-refractivity contribution in [3.05, 3.63) is 65.7 Å². The Morgan fingerprint density at radius 3 is 2.25 bits per heavy atom. The molecule has 162 valence electrons. The molecule has 0 atom stereocenters. The van der Waals surface area contributed by atoms with Crippen molar-refractivity contribution in [2.45, 2.75) is 6.54 Å². The maximum absolute atomic E-state index is 13.3. The van der Waals surface area contributed by atoms with Crippen molar-refractivity contribution in [1.82, 2.24) is 25.1 Å². The second kappa shape index (κ2) is 8.75.